The van der Waals surface area contributed by atoms with E-state index >= 15 is 0 Å². The number of carbonyl (C=O) groups is 1. The molecule has 0 unspecified atom stereocenters. The third kappa shape index (κ3) is 2.62. The van der Waals surface area contributed by atoms with Gasteiger partial charge in [0.05, 0.1) is 4.88 Å². The fraction of sp³-hybridized carbons (Fsp3) is 0.188. The Morgan fingerprint density at radius 1 is 1.05 bits per heavy atom. The molecule has 96 valence electrons. The number of hydrogen-bond donors (Lipinski definition) is 0. The van der Waals surface area contributed by atoms with Gasteiger partial charge in [-0.15, -0.1) is 22.7 Å². The molecule has 0 amide bonds. The van der Waals surface area contributed by atoms with Crippen LogP contribution in [0, 0.1) is 0 Å². The Kier molecular flexibility index (Phi) is 3.49. The third-order valence-electron chi connectivity index (χ3n) is 3.21. The van der Waals surface area contributed by atoms with Crippen molar-refractivity contribution in [3.8, 4) is 0 Å². The highest BCUT2D eigenvalue weighted by atomic mass is 32.1. The van der Waals surface area contributed by atoms with E-state index in [2.05, 4.69) is 42.6 Å². The molecule has 3 rings (SSSR count). The second-order valence-corrected chi connectivity index (χ2v) is 6.56. The molecule has 0 bridgehead atoms. The first kappa shape index (κ1) is 12.6. The van der Waals surface area contributed by atoms with Crippen molar-refractivity contribution in [3.63, 3.8) is 0 Å². The summed E-state index contributed by atoms with van der Waals surface area (Å²) in [7, 11) is 0. The number of aryl methyl sites for hydroxylation is 1. The molecular formula is C16H14OS2. The number of ketones is 1. The highest BCUT2D eigenvalue weighted by Crippen LogP contribution is 2.30. The number of carbonyl (C=O) groups excluding carboxylic acids is 1. The van der Waals surface area contributed by atoms with Crippen LogP contribution in [0.1, 0.15) is 27.7 Å². The van der Waals surface area contributed by atoms with Crippen LogP contribution in [0.3, 0.4) is 0 Å². The summed E-state index contributed by atoms with van der Waals surface area (Å²) < 4.78 is 2.43. The zero-order valence-corrected chi connectivity index (χ0v) is 12.3. The van der Waals surface area contributed by atoms with E-state index in [4.69, 9.17) is 0 Å². The number of thiophene rings is 2. The quantitative estimate of drug-likeness (QED) is 0.620. The number of benzene rings is 1. The van der Waals surface area contributed by atoms with Crippen LogP contribution in [0.2, 0.25) is 0 Å². The van der Waals surface area contributed by atoms with Gasteiger partial charge in [-0.2, -0.15) is 0 Å². The fourth-order valence-electron chi connectivity index (χ4n) is 2.07. The van der Waals surface area contributed by atoms with Gasteiger partial charge >= 0.3 is 0 Å². The predicted molar refractivity (Wildman–Crippen MR) is 83.6 cm³/mol. The molecular weight excluding hydrogens is 272 g/mol. The number of fused-ring (bicyclic) bond motifs is 1. The Balaban J connectivity index is 1.78. The molecule has 0 aliphatic carbocycles. The van der Waals surface area contributed by atoms with Gasteiger partial charge in [-0.05, 0) is 35.1 Å². The van der Waals surface area contributed by atoms with Gasteiger partial charge in [0.15, 0.2) is 5.78 Å². The van der Waals surface area contributed by atoms with E-state index in [0.29, 0.717) is 6.42 Å². The highest BCUT2D eigenvalue weighted by molar-refractivity contribution is 7.27. The van der Waals surface area contributed by atoms with E-state index in [0.717, 1.165) is 16.9 Å². The molecule has 0 fully saturated rings. The van der Waals surface area contributed by atoms with E-state index in [1.165, 1.54) is 15.0 Å². The molecule has 1 aromatic carbocycles. The van der Waals surface area contributed by atoms with Gasteiger partial charge in [-0.1, -0.05) is 31.2 Å². The fourth-order valence-corrected chi connectivity index (χ4v) is 4.11. The van der Waals surface area contributed by atoms with Crippen molar-refractivity contribution in [2.24, 2.45) is 0 Å². The molecule has 3 aromatic rings. The average molecular weight is 286 g/mol. The van der Waals surface area contributed by atoms with Crippen molar-refractivity contribution in [2.75, 3.05) is 0 Å². The summed E-state index contributed by atoms with van der Waals surface area (Å²) in [6.07, 6.45) is 1.53. The van der Waals surface area contributed by atoms with Crippen molar-refractivity contribution in [2.45, 2.75) is 19.8 Å². The Morgan fingerprint density at radius 3 is 2.47 bits per heavy atom. The Bertz CT molecular complexity index is 675. The smallest absolute Gasteiger partial charge is 0.177 e. The van der Waals surface area contributed by atoms with Crippen molar-refractivity contribution in [1.29, 1.82) is 0 Å². The van der Waals surface area contributed by atoms with Crippen LogP contribution in [0.25, 0.3) is 9.40 Å². The topological polar surface area (TPSA) is 17.1 Å². The summed E-state index contributed by atoms with van der Waals surface area (Å²) in [6.45, 7) is 2.14. The maximum Gasteiger partial charge on any atom is 0.177 e. The van der Waals surface area contributed by atoms with Crippen LogP contribution in [0.4, 0.5) is 0 Å². The maximum absolute atomic E-state index is 12.3. The van der Waals surface area contributed by atoms with E-state index in [-0.39, 0.29) is 5.78 Å². The molecule has 0 aliphatic heterocycles. The first-order chi connectivity index (χ1) is 9.26. The average Bonchev–Trinajstić information content (AvgIpc) is 3.00. The van der Waals surface area contributed by atoms with E-state index in [1.807, 2.05) is 6.07 Å². The van der Waals surface area contributed by atoms with Crippen LogP contribution < -0.4 is 0 Å². The Hall–Kier alpha value is -1.45. The summed E-state index contributed by atoms with van der Waals surface area (Å²) in [5.41, 5.74) is 2.41. The molecule has 0 saturated carbocycles. The lowest BCUT2D eigenvalue weighted by molar-refractivity contribution is 0.0997. The van der Waals surface area contributed by atoms with Gasteiger partial charge in [-0.3, -0.25) is 4.79 Å². The van der Waals surface area contributed by atoms with Crippen LogP contribution in [0.5, 0.6) is 0 Å². The van der Waals surface area contributed by atoms with Gasteiger partial charge in [0.2, 0.25) is 0 Å². The molecule has 0 aliphatic rings. The molecule has 2 aromatic heterocycles. The summed E-state index contributed by atoms with van der Waals surface area (Å²) in [5.74, 6) is 0.220. The predicted octanol–water partition coefficient (Wildman–Crippen LogP) is 4.95. The lowest BCUT2D eigenvalue weighted by Crippen LogP contribution is -2.01. The first-order valence-corrected chi connectivity index (χ1v) is 8.04. The summed E-state index contributed by atoms with van der Waals surface area (Å²) in [5, 5.41) is 2.07. The monoisotopic (exact) mass is 286 g/mol. The number of hydrogen-bond acceptors (Lipinski definition) is 3. The zero-order valence-electron chi connectivity index (χ0n) is 10.7. The van der Waals surface area contributed by atoms with Crippen LogP contribution >= 0.6 is 22.7 Å². The van der Waals surface area contributed by atoms with E-state index < -0.39 is 0 Å². The normalized spacial score (nSPS) is 11.0. The SMILES string of the molecule is CCc1ccc(CC(=O)c2cc3sccc3s2)cc1. The first-order valence-electron chi connectivity index (χ1n) is 6.34. The summed E-state index contributed by atoms with van der Waals surface area (Å²) in [4.78, 5) is 13.1. The molecule has 0 saturated heterocycles. The largest absolute Gasteiger partial charge is 0.293 e. The van der Waals surface area contributed by atoms with Crippen LogP contribution in [-0.4, -0.2) is 5.78 Å². The second-order valence-electron chi connectivity index (χ2n) is 4.53. The van der Waals surface area contributed by atoms with Crippen molar-refractivity contribution in [3.05, 3.63) is 57.8 Å². The molecule has 3 heteroatoms. The summed E-state index contributed by atoms with van der Waals surface area (Å²) in [6, 6.07) is 12.4. The minimum atomic E-state index is 0.220. The molecule has 0 atom stereocenters. The zero-order chi connectivity index (χ0) is 13.2. The lowest BCUT2D eigenvalue weighted by Gasteiger charge is -2.01. The minimum Gasteiger partial charge on any atom is -0.293 e. The standard InChI is InChI=1S/C16H14OS2/c1-2-11-3-5-12(6-4-11)9-13(17)15-10-16-14(19-15)7-8-18-16/h3-8,10H,2,9H2,1H3. The Morgan fingerprint density at radius 2 is 1.79 bits per heavy atom. The molecule has 19 heavy (non-hydrogen) atoms. The van der Waals surface area contributed by atoms with Gasteiger partial charge < -0.3 is 0 Å². The maximum atomic E-state index is 12.3. The lowest BCUT2D eigenvalue weighted by atomic mass is 10.1. The summed E-state index contributed by atoms with van der Waals surface area (Å²) >= 11 is 3.29. The highest BCUT2D eigenvalue weighted by Gasteiger charge is 2.11. The molecule has 1 nitrogen and oxygen atoms in total. The molecule has 2 heterocycles. The second kappa shape index (κ2) is 5.27. The van der Waals surface area contributed by atoms with Gasteiger partial charge in [-0.25, -0.2) is 0 Å². The van der Waals surface area contributed by atoms with E-state index in [1.54, 1.807) is 22.7 Å². The molecule has 0 N–H and O–H groups in total. The molecule has 0 spiro atoms. The van der Waals surface area contributed by atoms with Crippen molar-refractivity contribution >= 4 is 37.9 Å². The van der Waals surface area contributed by atoms with E-state index in [9.17, 15) is 4.79 Å². The van der Waals surface area contributed by atoms with Crippen molar-refractivity contribution < 1.29 is 4.79 Å². The van der Waals surface area contributed by atoms with Gasteiger partial charge in [0.1, 0.15) is 0 Å². The number of Topliss-reactive ketones (excluding diaryl/α,β-unsaturated/α-hetero) is 1. The van der Waals surface area contributed by atoms with Crippen LogP contribution in [0.15, 0.2) is 41.8 Å². The number of rotatable bonds is 4. The van der Waals surface area contributed by atoms with Gasteiger partial charge in [0.25, 0.3) is 0 Å². The van der Waals surface area contributed by atoms with Gasteiger partial charge in [0, 0.05) is 15.8 Å². The molecule has 0 radical (unpaired) electrons. The third-order valence-corrected chi connectivity index (χ3v) is 5.34. The van der Waals surface area contributed by atoms with Crippen molar-refractivity contribution in [1.82, 2.24) is 0 Å². The Labute approximate surface area is 120 Å². The minimum absolute atomic E-state index is 0.220. The van der Waals surface area contributed by atoms with Crippen LogP contribution in [-0.2, 0) is 12.8 Å².